The molecule has 0 saturated heterocycles. The standard InChI is InChI=1S/C9H18O/c1-4-7-9(10)8(5-2)6-3/h10H,4-7H2,1-3H3. The highest BCUT2D eigenvalue weighted by atomic mass is 16.3. The highest BCUT2D eigenvalue weighted by Crippen LogP contribution is 2.14. The Morgan fingerprint density at radius 1 is 1.10 bits per heavy atom. The third-order valence-electron chi connectivity index (χ3n) is 1.75. The minimum absolute atomic E-state index is 0.618. The average Bonchev–Trinajstić information content (AvgIpc) is 1.91. The number of aliphatic hydroxyl groups is 1. The first-order valence-electron chi connectivity index (χ1n) is 4.16. The Kier molecular flexibility index (Phi) is 5.09. The van der Waals surface area contributed by atoms with Crippen molar-refractivity contribution < 1.29 is 5.11 Å². The molecule has 1 heteroatoms. The fourth-order valence-corrected chi connectivity index (χ4v) is 1.07. The van der Waals surface area contributed by atoms with Crippen LogP contribution in [-0.4, -0.2) is 5.11 Å². The van der Waals surface area contributed by atoms with Gasteiger partial charge in [0.05, 0.1) is 5.76 Å². The second-order valence-electron chi connectivity index (χ2n) is 2.51. The number of aliphatic hydroxyl groups excluding tert-OH is 1. The molecule has 0 saturated carbocycles. The molecule has 0 spiro atoms. The van der Waals surface area contributed by atoms with Crippen molar-refractivity contribution in [1.82, 2.24) is 0 Å². The second kappa shape index (κ2) is 5.33. The van der Waals surface area contributed by atoms with Crippen molar-refractivity contribution in [3.05, 3.63) is 11.3 Å². The maximum Gasteiger partial charge on any atom is 0.0914 e. The van der Waals surface area contributed by atoms with Crippen molar-refractivity contribution in [3.8, 4) is 0 Å². The van der Waals surface area contributed by atoms with Crippen LogP contribution in [0.2, 0.25) is 0 Å². The summed E-state index contributed by atoms with van der Waals surface area (Å²) in [5, 5.41) is 9.39. The predicted molar refractivity (Wildman–Crippen MR) is 45.1 cm³/mol. The third-order valence-corrected chi connectivity index (χ3v) is 1.75. The minimum atomic E-state index is 0.618. The summed E-state index contributed by atoms with van der Waals surface area (Å²) in [6.07, 6.45) is 3.86. The van der Waals surface area contributed by atoms with E-state index in [1.54, 1.807) is 0 Å². The number of hydrogen-bond donors (Lipinski definition) is 1. The van der Waals surface area contributed by atoms with Crippen molar-refractivity contribution in [1.29, 1.82) is 0 Å². The molecule has 0 bridgehead atoms. The van der Waals surface area contributed by atoms with E-state index in [0.717, 1.165) is 25.7 Å². The molecule has 1 nitrogen and oxygen atoms in total. The molecular weight excluding hydrogens is 124 g/mol. The molecule has 0 radical (unpaired) electrons. The molecule has 0 fully saturated rings. The molecule has 0 aliphatic rings. The molecule has 0 aliphatic carbocycles. The van der Waals surface area contributed by atoms with E-state index in [4.69, 9.17) is 0 Å². The van der Waals surface area contributed by atoms with Gasteiger partial charge < -0.3 is 5.11 Å². The van der Waals surface area contributed by atoms with Gasteiger partial charge in [-0.1, -0.05) is 20.8 Å². The normalized spacial score (nSPS) is 9.50. The minimum Gasteiger partial charge on any atom is -0.512 e. The molecule has 0 aromatic heterocycles. The van der Waals surface area contributed by atoms with Crippen molar-refractivity contribution in [3.63, 3.8) is 0 Å². The second-order valence-corrected chi connectivity index (χ2v) is 2.51. The smallest absolute Gasteiger partial charge is 0.0914 e. The molecule has 0 aromatic carbocycles. The lowest BCUT2D eigenvalue weighted by atomic mass is 10.1. The summed E-state index contributed by atoms with van der Waals surface area (Å²) in [4.78, 5) is 0. The third kappa shape index (κ3) is 2.90. The highest BCUT2D eigenvalue weighted by molar-refractivity contribution is 5.05. The number of hydrogen-bond acceptors (Lipinski definition) is 1. The molecule has 0 aliphatic heterocycles. The van der Waals surface area contributed by atoms with Gasteiger partial charge in [0.1, 0.15) is 0 Å². The van der Waals surface area contributed by atoms with Crippen molar-refractivity contribution in [2.45, 2.75) is 46.5 Å². The molecule has 10 heavy (non-hydrogen) atoms. The number of allylic oxidation sites excluding steroid dienone is 2. The van der Waals surface area contributed by atoms with Gasteiger partial charge in [-0.2, -0.15) is 0 Å². The summed E-state index contributed by atoms with van der Waals surface area (Å²) in [6.45, 7) is 6.26. The molecule has 60 valence electrons. The van der Waals surface area contributed by atoms with Crippen LogP contribution in [0.5, 0.6) is 0 Å². The van der Waals surface area contributed by atoms with E-state index in [1.807, 2.05) is 0 Å². The van der Waals surface area contributed by atoms with Gasteiger partial charge in [0.15, 0.2) is 0 Å². The lowest BCUT2D eigenvalue weighted by Gasteiger charge is -2.04. The largest absolute Gasteiger partial charge is 0.512 e. The summed E-state index contributed by atoms with van der Waals surface area (Å²) < 4.78 is 0. The van der Waals surface area contributed by atoms with Crippen LogP contribution in [-0.2, 0) is 0 Å². The van der Waals surface area contributed by atoms with Crippen LogP contribution in [0.4, 0.5) is 0 Å². The lowest BCUT2D eigenvalue weighted by Crippen LogP contribution is -1.88. The van der Waals surface area contributed by atoms with Crippen LogP contribution in [0.1, 0.15) is 46.5 Å². The SMILES string of the molecule is CCCC(O)=C(CC)CC. The topological polar surface area (TPSA) is 20.2 Å². The molecular formula is C9H18O. The van der Waals surface area contributed by atoms with Gasteiger partial charge in [0.2, 0.25) is 0 Å². The first kappa shape index (κ1) is 9.54. The van der Waals surface area contributed by atoms with Crippen LogP contribution in [0.15, 0.2) is 11.3 Å². The Bertz CT molecular complexity index is 108. The molecule has 0 amide bonds. The van der Waals surface area contributed by atoms with Gasteiger partial charge in [0.25, 0.3) is 0 Å². The predicted octanol–water partition coefficient (Wildman–Crippen LogP) is 3.42. The molecule has 0 aromatic rings. The van der Waals surface area contributed by atoms with E-state index in [-0.39, 0.29) is 0 Å². The Balaban J connectivity index is 3.98. The van der Waals surface area contributed by atoms with Crippen molar-refractivity contribution in [2.75, 3.05) is 0 Å². The highest BCUT2D eigenvalue weighted by Gasteiger charge is 1.98. The van der Waals surface area contributed by atoms with Crippen LogP contribution in [0.3, 0.4) is 0 Å². The van der Waals surface area contributed by atoms with E-state index in [0.29, 0.717) is 5.76 Å². The summed E-state index contributed by atoms with van der Waals surface area (Å²) >= 11 is 0. The van der Waals surface area contributed by atoms with Crippen molar-refractivity contribution in [2.24, 2.45) is 0 Å². The molecule has 0 atom stereocenters. The van der Waals surface area contributed by atoms with E-state index in [9.17, 15) is 5.11 Å². The van der Waals surface area contributed by atoms with Gasteiger partial charge in [-0.05, 0) is 24.8 Å². The Morgan fingerprint density at radius 2 is 1.60 bits per heavy atom. The lowest BCUT2D eigenvalue weighted by molar-refractivity contribution is 0.375. The Hall–Kier alpha value is -0.460. The van der Waals surface area contributed by atoms with Gasteiger partial charge in [-0.15, -0.1) is 0 Å². The summed E-state index contributed by atoms with van der Waals surface area (Å²) in [5.41, 5.74) is 1.21. The zero-order chi connectivity index (χ0) is 7.98. The summed E-state index contributed by atoms with van der Waals surface area (Å²) in [6, 6.07) is 0. The monoisotopic (exact) mass is 142 g/mol. The quantitative estimate of drug-likeness (QED) is 0.596. The van der Waals surface area contributed by atoms with E-state index in [2.05, 4.69) is 20.8 Å². The van der Waals surface area contributed by atoms with Crippen LogP contribution < -0.4 is 0 Å². The fraction of sp³-hybridized carbons (Fsp3) is 0.778. The van der Waals surface area contributed by atoms with Crippen LogP contribution >= 0.6 is 0 Å². The maximum atomic E-state index is 9.39. The van der Waals surface area contributed by atoms with E-state index in [1.165, 1.54) is 5.57 Å². The van der Waals surface area contributed by atoms with Gasteiger partial charge in [-0.3, -0.25) is 0 Å². The number of rotatable bonds is 4. The molecule has 1 N–H and O–H groups in total. The molecule has 0 unspecified atom stereocenters. The molecule has 0 rings (SSSR count). The summed E-state index contributed by atoms with van der Waals surface area (Å²) in [5.74, 6) is 0.618. The average molecular weight is 142 g/mol. The van der Waals surface area contributed by atoms with Crippen molar-refractivity contribution >= 4 is 0 Å². The van der Waals surface area contributed by atoms with Crippen LogP contribution in [0, 0.1) is 0 Å². The Morgan fingerprint density at radius 3 is 1.90 bits per heavy atom. The van der Waals surface area contributed by atoms with Crippen LogP contribution in [0.25, 0.3) is 0 Å². The zero-order valence-corrected chi connectivity index (χ0v) is 7.28. The van der Waals surface area contributed by atoms with Gasteiger partial charge in [0, 0.05) is 6.42 Å². The van der Waals surface area contributed by atoms with Gasteiger partial charge >= 0.3 is 0 Å². The first-order valence-corrected chi connectivity index (χ1v) is 4.16. The maximum absolute atomic E-state index is 9.39. The van der Waals surface area contributed by atoms with E-state index >= 15 is 0 Å². The Labute approximate surface area is 63.8 Å². The molecule has 0 heterocycles. The van der Waals surface area contributed by atoms with Gasteiger partial charge in [-0.25, -0.2) is 0 Å². The first-order chi connectivity index (χ1) is 4.76. The summed E-state index contributed by atoms with van der Waals surface area (Å²) in [7, 11) is 0. The van der Waals surface area contributed by atoms with E-state index < -0.39 is 0 Å². The zero-order valence-electron chi connectivity index (χ0n) is 7.28. The fourth-order valence-electron chi connectivity index (χ4n) is 1.07.